The van der Waals surface area contributed by atoms with Gasteiger partial charge in [0.1, 0.15) is 5.02 Å². The van der Waals surface area contributed by atoms with E-state index in [1.54, 1.807) is 6.20 Å². The molecule has 1 spiro atoms. The Morgan fingerprint density at radius 2 is 1.82 bits per heavy atom. The van der Waals surface area contributed by atoms with Crippen molar-refractivity contribution >= 4 is 65.3 Å². The maximum atomic E-state index is 6.62. The first-order valence-corrected chi connectivity index (χ1v) is 13.9. The molecule has 1 aromatic heterocycles. The fraction of sp³-hybridized carbons (Fsp3) is 0.333. The quantitative estimate of drug-likeness (QED) is 0.384. The van der Waals surface area contributed by atoms with Crippen LogP contribution < -0.4 is 26.6 Å². The van der Waals surface area contributed by atoms with Gasteiger partial charge in [-0.1, -0.05) is 49.3 Å². The molecular formula is C24H27Cl2N6P. The van der Waals surface area contributed by atoms with E-state index in [1.165, 1.54) is 5.30 Å². The van der Waals surface area contributed by atoms with Crippen LogP contribution in [0.3, 0.4) is 0 Å². The number of benzene rings is 2. The van der Waals surface area contributed by atoms with Gasteiger partial charge in [-0.15, -0.1) is 0 Å². The fourth-order valence-corrected chi connectivity index (χ4v) is 6.26. The minimum atomic E-state index is -0.274. The van der Waals surface area contributed by atoms with Gasteiger partial charge >= 0.3 is 0 Å². The zero-order valence-electron chi connectivity index (χ0n) is 18.6. The topological polar surface area (TPSA) is 79.1 Å². The van der Waals surface area contributed by atoms with Crippen molar-refractivity contribution in [2.24, 2.45) is 11.1 Å². The molecule has 1 aliphatic carbocycles. The highest BCUT2D eigenvalue weighted by atomic mass is 35.5. The molecule has 5 rings (SSSR count). The second kappa shape index (κ2) is 8.92. The van der Waals surface area contributed by atoms with Crippen LogP contribution in [0.4, 0.5) is 28.8 Å². The summed E-state index contributed by atoms with van der Waals surface area (Å²) in [5.41, 5.74) is 9.28. The summed E-state index contributed by atoms with van der Waals surface area (Å²) in [6, 6.07) is 14.5. The minimum absolute atomic E-state index is 0.274. The number of nitrogens with two attached hydrogens (primary N) is 1. The first-order valence-electron chi connectivity index (χ1n) is 10.9. The highest BCUT2D eigenvalue weighted by Crippen LogP contribution is 2.50. The van der Waals surface area contributed by atoms with Gasteiger partial charge in [-0.25, -0.2) is 4.98 Å². The third-order valence-corrected chi connectivity index (χ3v) is 8.30. The molecular weight excluding hydrogens is 474 g/mol. The molecule has 33 heavy (non-hydrogen) atoms. The number of halogens is 2. The number of nitrogens with zero attached hydrogens (tertiary/aromatic N) is 3. The third-order valence-electron chi connectivity index (χ3n) is 6.37. The molecule has 6 nitrogen and oxygen atoms in total. The number of anilines is 5. The Morgan fingerprint density at radius 3 is 2.52 bits per heavy atom. The zero-order valence-corrected chi connectivity index (χ0v) is 21.1. The lowest BCUT2D eigenvalue weighted by molar-refractivity contribution is 0.0665. The van der Waals surface area contributed by atoms with Crippen LogP contribution in [0.25, 0.3) is 0 Å². The normalized spacial score (nSPS) is 17.1. The second-order valence-electron chi connectivity index (χ2n) is 9.24. The van der Waals surface area contributed by atoms with Gasteiger partial charge < -0.3 is 21.3 Å². The van der Waals surface area contributed by atoms with E-state index in [-0.39, 0.29) is 7.92 Å². The van der Waals surface area contributed by atoms with Gasteiger partial charge in [0.15, 0.2) is 5.82 Å². The highest BCUT2D eigenvalue weighted by Gasteiger charge is 2.51. The van der Waals surface area contributed by atoms with E-state index in [1.807, 2.05) is 36.4 Å². The van der Waals surface area contributed by atoms with Crippen LogP contribution in [0, 0.1) is 5.41 Å². The number of hydrogen-bond donors (Lipinski definition) is 3. The number of aromatic nitrogens is 2. The number of rotatable bonds is 6. The molecule has 9 heteroatoms. The number of para-hydroxylation sites is 1. The first kappa shape index (κ1) is 22.7. The summed E-state index contributed by atoms with van der Waals surface area (Å²) in [6.45, 7) is 6.50. The van der Waals surface area contributed by atoms with Crippen LogP contribution in [0.15, 0.2) is 48.7 Å². The first-order chi connectivity index (χ1) is 15.8. The Balaban J connectivity index is 1.30. The Hall–Kier alpha value is -2.11. The molecule has 0 bridgehead atoms. The second-order valence-corrected chi connectivity index (χ2v) is 12.3. The fourth-order valence-electron chi connectivity index (χ4n) is 4.83. The maximum Gasteiger partial charge on any atom is 0.229 e. The molecule has 4 N–H and O–H groups in total. The van der Waals surface area contributed by atoms with Crippen molar-refractivity contribution < 1.29 is 0 Å². The van der Waals surface area contributed by atoms with Crippen LogP contribution in [-0.4, -0.2) is 42.4 Å². The van der Waals surface area contributed by atoms with E-state index < -0.39 is 0 Å². The van der Waals surface area contributed by atoms with Crippen LogP contribution >= 0.6 is 31.1 Å². The van der Waals surface area contributed by atoms with Crippen LogP contribution in [0.1, 0.15) is 12.8 Å². The van der Waals surface area contributed by atoms with Crippen LogP contribution in [-0.2, 0) is 0 Å². The molecule has 0 radical (unpaired) electrons. The lowest BCUT2D eigenvalue weighted by atomic mass is 9.61. The summed E-state index contributed by atoms with van der Waals surface area (Å²) in [4.78, 5) is 11.3. The van der Waals surface area contributed by atoms with Gasteiger partial charge in [0.05, 0.1) is 16.9 Å². The van der Waals surface area contributed by atoms with E-state index in [2.05, 4.69) is 44.9 Å². The maximum absolute atomic E-state index is 6.62. The monoisotopic (exact) mass is 500 g/mol. The van der Waals surface area contributed by atoms with Crippen molar-refractivity contribution in [3.63, 3.8) is 0 Å². The SMILES string of the molecule is CP(C)c1ccccc1Nc1nc(Nc2ccc(N3CC4(CC(N)C4)C3)c(Cl)c2)ncc1Cl. The molecule has 0 unspecified atom stereocenters. The largest absolute Gasteiger partial charge is 0.369 e. The Morgan fingerprint density at radius 1 is 1.06 bits per heavy atom. The smallest absolute Gasteiger partial charge is 0.229 e. The summed E-state index contributed by atoms with van der Waals surface area (Å²) < 4.78 is 0. The Labute approximate surface area is 205 Å². The van der Waals surface area contributed by atoms with Crippen molar-refractivity contribution in [2.75, 3.05) is 42.0 Å². The van der Waals surface area contributed by atoms with E-state index in [0.29, 0.717) is 33.3 Å². The number of nitrogens with one attached hydrogen (secondary N) is 2. The minimum Gasteiger partial charge on any atom is -0.369 e. The van der Waals surface area contributed by atoms with Crippen molar-refractivity contribution in [1.82, 2.24) is 9.97 Å². The molecule has 1 aliphatic heterocycles. The van der Waals surface area contributed by atoms with Gasteiger partial charge in [0.2, 0.25) is 5.95 Å². The average Bonchev–Trinajstić information content (AvgIpc) is 2.73. The van der Waals surface area contributed by atoms with Crippen molar-refractivity contribution in [1.29, 1.82) is 0 Å². The summed E-state index contributed by atoms with van der Waals surface area (Å²) in [6.07, 6.45) is 3.84. The van der Waals surface area contributed by atoms with Gasteiger partial charge in [-0.2, -0.15) is 4.98 Å². The molecule has 0 amide bonds. The van der Waals surface area contributed by atoms with Gasteiger partial charge in [-0.3, -0.25) is 0 Å². The summed E-state index contributed by atoms with van der Waals surface area (Å²) in [5.74, 6) is 1.01. The molecule has 3 aromatic rings. The van der Waals surface area contributed by atoms with E-state index in [4.69, 9.17) is 28.9 Å². The molecule has 0 atom stereocenters. The lowest BCUT2D eigenvalue weighted by Crippen LogP contribution is -2.65. The lowest BCUT2D eigenvalue weighted by Gasteiger charge is -2.59. The Kier molecular flexibility index (Phi) is 6.13. The highest BCUT2D eigenvalue weighted by molar-refractivity contribution is 7.64. The molecule has 1 saturated carbocycles. The van der Waals surface area contributed by atoms with Gasteiger partial charge in [0, 0.05) is 35.9 Å². The predicted molar refractivity (Wildman–Crippen MR) is 142 cm³/mol. The van der Waals surface area contributed by atoms with Gasteiger partial charge in [-0.05, 0) is 55.7 Å². The molecule has 2 aromatic carbocycles. The van der Waals surface area contributed by atoms with E-state index >= 15 is 0 Å². The standard InChI is InChI=1S/C24H27Cl2N6P/c1-33(2)21-6-4-3-5-19(21)30-22-18(26)12-28-23(31-22)29-16-7-8-20(17(25)9-16)32-13-24(14-32)10-15(27)11-24/h3-9,12,15H,10-11,13-14,27H2,1-2H3,(H2,28,29,30,31). The van der Waals surface area contributed by atoms with Crippen LogP contribution in [0.2, 0.25) is 10.0 Å². The van der Waals surface area contributed by atoms with Crippen LogP contribution in [0.5, 0.6) is 0 Å². The number of hydrogen-bond acceptors (Lipinski definition) is 6. The Bertz CT molecular complexity index is 1170. The van der Waals surface area contributed by atoms with Crippen molar-refractivity contribution in [2.45, 2.75) is 18.9 Å². The molecule has 2 heterocycles. The predicted octanol–water partition coefficient (Wildman–Crippen LogP) is 5.56. The van der Waals surface area contributed by atoms with Crippen molar-refractivity contribution in [3.8, 4) is 0 Å². The summed E-state index contributed by atoms with van der Waals surface area (Å²) in [7, 11) is -0.274. The van der Waals surface area contributed by atoms with Crippen molar-refractivity contribution in [3.05, 3.63) is 58.7 Å². The van der Waals surface area contributed by atoms with E-state index in [0.717, 1.165) is 43.0 Å². The summed E-state index contributed by atoms with van der Waals surface area (Å²) >= 11 is 13.0. The molecule has 1 saturated heterocycles. The zero-order chi connectivity index (χ0) is 23.2. The summed E-state index contributed by atoms with van der Waals surface area (Å²) in [5, 5.41) is 9.05. The van der Waals surface area contributed by atoms with Gasteiger partial charge in [0.25, 0.3) is 0 Å². The molecule has 172 valence electrons. The molecule has 2 fully saturated rings. The molecule has 2 aliphatic rings. The average molecular weight is 501 g/mol. The third kappa shape index (κ3) is 4.63. The van der Waals surface area contributed by atoms with E-state index in [9.17, 15) is 0 Å².